The van der Waals surface area contributed by atoms with Gasteiger partial charge in [0, 0.05) is 43.9 Å². The van der Waals surface area contributed by atoms with Crippen LogP contribution in [0.3, 0.4) is 0 Å². The van der Waals surface area contributed by atoms with Gasteiger partial charge in [0.25, 0.3) is 0 Å². The normalized spacial score (nSPS) is 14.0. The van der Waals surface area contributed by atoms with Gasteiger partial charge in [-0.1, -0.05) is 127 Å². The van der Waals surface area contributed by atoms with Crippen LogP contribution in [0.25, 0.3) is 101 Å². The van der Waals surface area contributed by atoms with Crippen molar-refractivity contribution in [3.8, 4) is 34.2 Å². The van der Waals surface area contributed by atoms with E-state index in [1.165, 1.54) is 10.8 Å². The van der Waals surface area contributed by atoms with Gasteiger partial charge in [0.2, 0.25) is 5.95 Å². The van der Waals surface area contributed by atoms with Gasteiger partial charge >= 0.3 is 0 Å². The molecule has 6 nitrogen and oxygen atoms in total. The SMILES string of the molecule is C1=c2oc3ccc4c5ccccc5n(-c5ccccc5)c4c3c2=CC(c2nc(-c3cccc(-c4ccccc4)c3)nc(-n3c4ccccc4c4ccccc43)n2)C1. The summed E-state index contributed by atoms with van der Waals surface area (Å²) in [5, 5.41) is 6.88. The molecule has 6 heteroatoms. The number of fused-ring (bicyclic) bond motifs is 10. The second-order valence-electron chi connectivity index (χ2n) is 14.7. The fourth-order valence-corrected chi connectivity index (χ4v) is 8.91. The molecule has 0 radical (unpaired) electrons. The van der Waals surface area contributed by atoms with E-state index < -0.39 is 0 Å². The van der Waals surface area contributed by atoms with Crippen molar-refractivity contribution in [2.45, 2.75) is 12.3 Å². The summed E-state index contributed by atoms with van der Waals surface area (Å²) in [6.07, 6.45) is 5.22. The quantitative estimate of drug-likeness (QED) is 0.177. The van der Waals surface area contributed by atoms with Crippen LogP contribution in [0.15, 0.2) is 174 Å². The zero-order valence-corrected chi connectivity index (χ0v) is 30.7. The highest BCUT2D eigenvalue weighted by Gasteiger charge is 2.24. The fraction of sp³-hybridized carbons (Fsp3) is 0.0392. The molecule has 1 aliphatic rings. The van der Waals surface area contributed by atoms with Crippen LogP contribution in [0, 0.1) is 0 Å². The molecule has 0 spiro atoms. The molecule has 1 aliphatic carbocycles. The van der Waals surface area contributed by atoms with Crippen molar-refractivity contribution in [2.75, 3.05) is 0 Å². The number of para-hydroxylation sites is 4. The summed E-state index contributed by atoms with van der Waals surface area (Å²) in [5.41, 5.74) is 10.4. The molecule has 12 rings (SSSR count). The topological polar surface area (TPSA) is 61.7 Å². The average Bonchev–Trinajstić information content (AvgIpc) is 3.94. The molecule has 7 aromatic carbocycles. The maximum absolute atomic E-state index is 6.64. The van der Waals surface area contributed by atoms with Crippen molar-refractivity contribution in [3.63, 3.8) is 0 Å². The second-order valence-corrected chi connectivity index (χ2v) is 14.7. The Balaban J connectivity index is 1.11. The zero-order valence-electron chi connectivity index (χ0n) is 30.7. The molecule has 0 fully saturated rings. The van der Waals surface area contributed by atoms with E-state index in [1.807, 2.05) is 6.07 Å². The van der Waals surface area contributed by atoms with Crippen molar-refractivity contribution >= 4 is 66.7 Å². The van der Waals surface area contributed by atoms with Crippen LogP contribution in [0.5, 0.6) is 0 Å². The van der Waals surface area contributed by atoms with Gasteiger partial charge in [-0.25, -0.2) is 4.98 Å². The van der Waals surface area contributed by atoms with Crippen LogP contribution in [0.2, 0.25) is 0 Å². The van der Waals surface area contributed by atoms with Gasteiger partial charge in [0.15, 0.2) is 5.82 Å². The zero-order chi connectivity index (χ0) is 37.5. The second kappa shape index (κ2) is 12.5. The standard InChI is InChI=1S/C51H33N5O/c1-3-14-32(15-4-1)33-16-13-17-34(30-33)49-52-50(54-51(53-49)56-43-24-11-7-20-37(43)38-21-8-12-25-44(38)56)35-26-28-45-41(31-35)47-46(57-45)29-27-40-39-22-9-10-23-42(39)55(48(40)47)36-18-5-2-6-19-36/h1-25,27-31,35H,26H2. The lowest BCUT2D eigenvalue weighted by atomic mass is 9.97. The summed E-state index contributed by atoms with van der Waals surface area (Å²) >= 11 is 0. The molecule has 268 valence electrons. The molecular weight excluding hydrogens is 699 g/mol. The lowest BCUT2D eigenvalue weighted by Gasteiger charge is -2.16. The van der Waals surface area contributed by atoms with Crippen LogP contribution >= 0.6 is 0 Å². The van der Waals surface area contributed by atoms with E-state index >= 15 is 0 Å². The van der Waals surface area contributed by atoms with Crippen molar-refractivity contribution in [2.24, 2.45) is 0 Å². The van der Waals surface area contributed by atoms with E-state index in [9.17, 15) is 0 Å². The van der Waals surface area contributed by atoms with Gasteiger partial charge in [0.1, 0.15) is 16.8 Å². The molecule has 1 unspecified atom stereocenters. The van der Waals surface area contributed by atoms with Gasteiger partial charge in [-0.2, -0.15) is 9.97 Å². The fourth-order valence-electron chi connectivity index (χ4n) is 8.91. The van der Waals surface area contributed by atoms with Gasteiger partial charge in [-0.3, -0.25) is 4.57 Å². The van der Waals surface area contributed by atoms with Crippen LogP contribution < -0.4 is 10.6 Å². The monoisotopic (exact) mass is 731 g/mol. The van der Waals surface area contributed by atoms with Gasteiger partial charge in [0.05, 0.1) is 27.5 Å². The molecule has 0 saturated carbocycles. The summed E-state index contributed by atoms with van der Waals surface area (Å²) in [6.45, 7) is 0. The predicted octanol–water partition coefficient (Wildman–Crippen LogP) is 10.9. The molecule has 0 amide bonds. The third-order valence-electron chi connectivity index (χ3n) is 11.5. The van der Waals surface area contributed by atoms with Crippen molar-refractivity contribution in [1.29, 1.82) is 0 Å². The smallest absolute Gasteiger partial charge is 0.238 e. The van der Waals surface area contributed by atoms with E-state index in [2.05, 4.69) is 185 Å². The number of aromatic nitrogens is 5. The van der Waals surface area contributed by atoms with Crippen LogP contribution in [0.1, 0.15) is 18.2 Å². The first-order valence-electron chi connectivity index (χ1n) is 19.4. The van der Waals surface area contributed by atoms with E-state index in [4.69, 9.17) is 19.4 Å². The Labute approximate surface area is 326 Å². The molecule has 0 saturated heterocycles. The first-order valence-corrected chi connectivity index (χ1v) is 19.4. The maximum Gasteiger partial charge on any atom is 0.238 e. The van der Waals surface area contributed by atoms with Crippen LogP contribution in [-0.4, -0.2) is 24.1 Å². The van der Waals surface area contributed by atoms with Gasteiger partial charge in [-0.05, 0) is 72.2 Å². The summed E-state index contributed by atoms with van der Waals surface area (Å²) in [7, 11) is 0. The molecule has 4 heterocycles. The summed E-state index contributed by atoms with van der Waals surface area (Å²) in [4.78, 5) is 15.9. The minimum absolute atomic E-state index is 0.131. The minimum Gasteiger partial charge on any atom is -0.456 e. The van der Waals surface area contributed by atoms with Crippen molar-refractivity contribution in [3.05, 3.63) is 186 Å². The highest BCUT2D eigenvalue weighted by molar-refractivity contribution is 6.18. The Kier molecular flexibility index (Phi) is 6.95. The van der Waals surface area contributed by atoms with Crippen LogP contribution in [-0.2, 0) is 0 Å². The van der Waals surface area contributed by atoms with E-state index in [-0.39, 0.29) is 5.92 Å². The lowest BCUT2D eigenvalue weighted by Crippen LogP contribution is -2.26. The molecule has 0 aliphatic heterocycles. The van der Waals surface area contributed by atoms with Crippen LogP contribution in [0.4, 0.5) is 0 Å². The van der Waals surface area contributed by atoms with E-state index in [0.29, 0.717) is 24.0 Å². The summed E-state index contributed by atoms with van der Waals surface area (Å²) < 4.78 is 11.2. The third-order valence-corrected chi connectivity index (χ3v) is 11.5. The minimum atomic E-state index is -0.131. The number of rotatable bonds is 5. The van der Waals surface area contributed by atoms with Gasteiger partial charge in [-0.15, -0.1) is 0 Å². The first kappa shape index (κ1) is 31.7. The number of hydrogen-bond acceptors (Lipinski definition) is 4. The first-order chi connectivity index (χ1) is 28.3. The Morgan fingerprint density at radius 3 is 1.86 bits per heavy atom. The largest absolute Gasteiger partial charge is 0.456 e. The van der Waals surface area contributed by atoms with E-state index in [1.54, 1.807) is 0 Å². The van der Waals surface area contributed by atoms with Gasteiger partial charge < -0.3 is 8.98 Å². The Morgan fingerprint density at radius 1 is 0.509 bits per heavy atom. The maximum atomic E-state index is 6.64. The Morgan fingerprint density at radius 2 is 1.12 bits per heavy atom. The highest BCUT2D eigenvalue weighted by Crippen LogP contribution is 2.37. The molecule has 1 atom stereocenters. The Hall–Kier alpha value is -7.57. The number of nitrogens with zero attached hydrogens (tertiary/aromatic N) is 5. The number of hydrogen-bond donors (Lipinski definition) is 0. The third kappa shape index (κ3) is 4.94. The molecule has 57 heavy (non-hydrogen) atoms. The Bertz CT molecular complexity index is 3450. The van der Waals surface area contributed by atoms with E-state index in [0.717, 1.165) is 76.8 Å². The highest BCUT2D eigenvalue weighted by atomic mass is 16.3. The van der Waals surface area contributed by atoms with Crippen molar-refractivity contribution < 1.29 is 4.42 Å². The molecule has 4 aromatic heterocycles. The average molecular weight is 732 g/mol. The molecular formula is C51H33N5O. The summed E-state index contributed by atoms with van der Waals surface area (Å²) in [5.74, 6) is 1.82. The van der Waals surface area contributed by atoms with Crippen molar-refractivity contribution in [1.82, 2.24) is 24.1 Å². The number of benzene rings is 7. The molecule has 0 N–H and O–H groups in total. The predicted molar refractivity (Wildman–Crippen MR) is 231 cm³/mol. The molecule has 0 bridgehead atoms. The lowest BCUT2D eigenvalue weighted by molar-refractivity contribution is 0.569. The number of furan rings is 1. The molecule has 11 aromatic rings. The summed E-state index contributed by atoms with van der Waals surface area (Å²) in [6, 6.07) is 59.5.